The number of hydrogen-bond acceptors (Lipinski definition) is 3. The summed E-state index contributed by atoms with van der Waals surface area (Å²) in [5, 5.41) is 2.59. The summed E-state index contributed by atoms with van der Waals surface area (Å²) in [6.07, 6.45) is 5.77. The Bertz CT molecular complexity index is 1120. The highest BCUT2D eigenvalue weighted by Crippen LogP contribution is 2.45. The van der Waals surface area contributed by atoms with Crippen molar-refractivity contribution in [1.82, 2.24) is 4.90 Å². The van der Waals surface area contributed by atoms with Crippen LogP contribution in [0.1, 0.15) is 12.0 Å². The summed E-state index contributed by atoms with van der Waals surface area (Å²) in [4.78, 5) is 5.89. The van der Waals surface area contributed by atoms with E-state index in [0.717, 1.165) is 17.6 Å². The van der Waals surface area contributed by atoms with Gasteiger partial charge in [0.25, 0.3) is 0 Å². The molecular weight excluding hydrogens is 412 g/mol. The average Bonchev–Trinajstić information content (AvgIpc) is 3.09. The topological polar surface area (TPSA) is 10.4 Å². The first-order valence-corrected chi connectivity index (χ1v) is 12.3. The van der Waals surface area contributed by atoms with Gasteiger partial charge >= 0.3 is 0 Å². The van der Waals surface area contributed by atoms with E-state index in [1.54, 1.807) is 0 Å². The Morgan fingerprint density at radius 2 is 1.75 bits per heavy atom. The molecule has 0 N–H and O–H groups in total. The molecule has 0 radical (unpaired) electrons. The van der Waals surface area contributed by atoms with Crippen molar-refractivity contribution in [1.29, 1.82) is 0 Å². The number of quaternary nitrogens is 1. The summed E-state index contributed by atoms with van der Waals surface area (Å²) >= 11 is 1.85. The Balaban J connectivity index is 1.53. The minimum absolute atomic E-state index is 1.04. The molecule has 2 aromatic carbocycles. The Hall–Kier alpha value is -2.34. The fourth-order valence-electron chi connectivity index (χ4n) is 4.26. The van der Waals surface area contributed by atoms with E-state index in [4.69, 9.17) is 0 Å². The van der Waals surface area contributed by atoms with Crippen LogP contribution in [0.4, 0.5) is 5.69 Å². The molecule has 4 rings (SSSR count). The summed E-state index contributed by atoms with van der Waals surface area (Å²) in [6, 6.07) is 19.7. The van der Waals surface area contributed by atoms with E-state index in [0.29, 0.717) is 0 Å². The highest BCUT2D eigenvalue weighted by Gasteiger charge is 2.22. The standard InChI is InChI=1S/C27H36N4S/c1-28(2)18-20-31(4,5)19-10-16-30-17-15-22(23-11-6-7-12-24(23)30)21-27-29(3)25-13-8-9-14-26(25)32-27/h6-9,11-15,17,21H,10,16,18-20H2,1-5H3/q+2. The third-order valence-corrected chi connectivity index (χ3v) is 7.49. The van der Waals surface area contributed by atoms with Gasteiger partial charge in [0.2, 0.25) is 5.52 Å². The van der Waals surface area contributed by atoms with Gasteiger partial charge in [0.1, 0.15) is 0 Å². The molecule has 32 heavy (non-hydrogen) atoms. The molecule has 3 aromatic rings. The highest BCUT2D eigenvalue weighted by atomic mass is 32.2. The van der Waals surface area contributed by atoms with E-state index in [-0.39, 0.29) is 0 Å². The molecule has 1 aliphatic rings. The minimum Gasteiger partial charge on any atom is -0.338 e. The zero-order valence-electron chi connectivity index (χ0n) is 20.1. The number of fused-ring (bicyclic) bond motifs is 2. The van der Waals surface area contributed by atoms with E-state index in [1.165, 1.54) is 51.6 Å². The molecule has 0 saturated carbocycles. The van der Waals surface area contributed by atoms with Crippen molar-refractivity contribution >= 4 is 34.4 Å². The van der Waals surface area contributed by atoms with Crippen LogP contribution < -0.4 is 9.47 Å². The summed E-state index contributed by atoms with van der Waals surface area (Å²) < 4.78 is 3.48. The van der Waals surface area contributed by atoms with Crippen LogP contribution in [0.15, 0.2) is 70.7 Å². The number of anilines is 1. The SMILES string of the molecule is CN(C)CC[N+](C)(C)CCC[n+]1ccc(/C=C2\Sc3ccccc3N2C)c2ccccc21. The summed E-state index contributed by atoms with van der Waals surface area (Å²) in [7, 11) is 11.1. The second-order valence-electron chi connectivity index (χ2n) is 9.63. The van der Waals surface area contributed by atoms with Gasteiger partial charge < -0.3 is 14.3 Å². The van der Waals surface area contributed by atoms with Crippen LogP contribution in [-0.2, 0) is 6.54 Å². The molecule has 0 amide bonds. The van der Waals surface area contributed by atoms with Crippen molar-refractivity contribution < 1.29 is 9.05 Å². The van der Waals surface area contributed by atoms with Gasteiger partial charge in [-0.3, -0.25) is 0 Å². The van der Waals surface area contributed by atoms with E-state index in [2.05, 4.69) is 116 Å². The lowest BCUT2D eigenvalue weighted by molar-refractivity contribution is -0.892. The Morgan fingerprint density at radius 1 is 1.00 bits per heavy atom. The lowest BCUT2D eigenvalue weighted by Gasteiger charge is -2.30. The molecule has 168 valence electrons. The van der Waals surface area contributed by atoms with Gasteiger partial charge in [-0.25, -0.2) is 0 Å². The van der Waals surface area contributed by atoms with E-state index < -0.39 is 0 Å². The Kier molecular flexibility index (Phi) is 6.89. The molecule has 1 aliphatic heterocycles. The number of thioether (sulfide) groups is 1. The maximum Gasteiger partial charge on any atom is 0.213 e. The monoisotopic (exact) mass is 448 g/mol. The minimum atomic E-state index is 1.04. The number of likely N-dealkylation sites (N-methyl/N-ethyl adjacent to an activating group) is 2. The van der Waals surface area contributed by atoms with Crippen molar-refractivity contribution in [3.05, 3.63) is 71.4 Å². The molecule has 0 atom stereocenters. The van der Waals surface area contributed by atoms with Crippen molar-refractivity contribution in [3.8, 4) is 0 Å². The largest absolute Gasteiger partial charge is 0.338 e. The lowest BCUT2D eigenvalue weighted by atomic mass is 10.1. The zero-order chi connectivity index (χ0) is 22.7. The average molecular weight is 449 g/mol. The van der Waals surface area contributed by atoms with Crippen molar-refractivity contribution in [3.63, 3.8) is 0 Å². The molecular formula is C27H36N4S+2. The number of hydrogen-bond donors (Lipinski definition) is 0. The summed E-state index contributed by atoms with van der Waals surface area (Å²) in [5.41, 5.74) is 3.87. The van der Waals surface area contributed by atoms with E-state index in [9.17, 15) is 0 Å². The number of pyridine rings is 1. The number of rotatable bonds is 8. The second-order valence-corrected chi connectivity index (χ2v) is 10.7. The van der Waals surface area contributed by atoms with E-state index in [1.807, 2.05) is 11.8 Å². The highest BCUT2D eigenvalue weighted by molar-refractivity contribution is 8.03. The van der Waals surface area contributed by atoms with Crippen molar-refractivity contribution in [2.75, 3.05) is 59.8 Å². The zero-order valence-corrected chi connectivity index (χ0v) is 20.9. The first kappa shape index (κ1) is 22.8. The van der Waals surface area contributed by atoms with Crippen LogP contribution in [0.25, 0.3) is 17.0 Å². The van der Waals surface area contributed by atoms with Crippen LogP contribution in [0.3, 0.4) is 0 Å². The summed E-state index contributed by atoms with van der Waals surface area (Å²) in [6.45, 7) is 4.53. The quantitative estimate of drug-likeness (QED) is 0.366. The molecule has 0 unspecified atom stereocenters. The molecule has 0 spiro atoms. The number of aryl methyl sites for hydroxylation is 1. The maximum absolute atomic E-state index is 2.42. The molecule has 0 fully saturated rings. The first-order valence-electron chi connectivity index (χ1n) is 11.4. The Labute approximate surface area is 197 Å². The number of benzene rings is 2. The third-order valence-electron chi connectivity index (χ3n) is 6.32. The fourth-order valence-corrected chi connectivity index (χ4v) is 5.36. The molecule has 5 heteroatoms. The predicted molar refractivity (Wildman–Crippen MR) is 138 cm³/mol. The molecule has 2 heterocycles. The molecule has 0 bridgehead atoms. The maximum atomic E-state index is 2.42. The van der Waals surface area contributed by atoms with Crippen LogP contribution >= 0.6 is 11.8 Å². The van der Waals surface area contributed by atoms with Crippen LogP contribution in [-0.4, -0.2) is 64.3 Å². The first-order chi connectivity index (χ1) is 15.3. The molecule has 0 saturated heterocycles. The molecule has 0 aliphatic carbocycles. The van der Waals surface area contributed by atoms with Gasteiger partial charge in [-0.05, 0) is 43.9 Å². The van der Waals surface area contributed by atoms with Crippen molar-refractivity contribution in [2.45, 2.75) is 17.9 Å². The van der Waals surface area contributed by atoms with Gasteiger partial charge in [0, 0.05) is 30.6 Å². The molecule has 1 aromatic heterocycles. The second kappa shape index (κ2) is 9.65. The number of nitrogens with zero attached hydrogens (tertiary/aromatic N) is 4. The van der Waals surface area contributed by atoms with Gasteiger partial charge in [-0.1, -0.05) is 36.0 Å². The van der Waals surface area contributed by atoms with Crippen LogP contribution in [0.2, 0.25) is 0 Å². The lowest BCUT2D eigenvalue weighted by Crippen LogP contribution is -2.46. The van der Waals surface area contributed by atoms with Crippen molar-refractivity contribution in [2.24, 2.45) is 0 Å². The van der Waals surface area contributed by atoms with Gasteiger partial charge in [-0.2, -0.15) is 4.57 Å². The van der Waals surface area contributed by atoms with Crippen LogP contribution in [0, 0.1) is 0 Å². The predicted octanol–water partition coefficient (Wildman–Crippen LogP) is 4.70. The number of para-hydroxylation sites is 2. The normalized spacial score (nSPS) is 15.2. The third kappa shape index (κ3) is 5.17. The molecule has 4 nitrogen and oxygen atoms in total. The van der Waals surface area contributed by atoms with Crippen LogP contribution in [0.5, 0.6) is 0 Å². The van der Waals surface area contributed by atoms with Gasteiger partial charge in [0.15, 0.2) is 12.7 Å². The Morgan fingerprint density at radius 3 is 2.53 bits per heavy atom. The fraction of sp³-hybridized carbons (Fsp3) is 0.370. The number of aromatic nitrogens is 1. The van der Waals surface area contributed by atoms with E-state index >= 15 is 0 Å². The van der Waals surface area contributed by atoms with Gasteiger partial charge in [-0.15, -0.1) is 0 Å². The summed E-state index contributed by atoms with van der Waals surface area (Å²) in [5.74, 6) is 0. The smallest absolute Gasteiger partial charge is 0.213 e. The van der Waals surface area contributed by atoms with Gasteiger partial charge in [0.05, 0.1) is 49.7 Å².